The molecule has 1 aromatic carbocycles. The molecule has 0 heterocycles. The Kier molecular flexibility index (Phi) is 4.26. The number of alkyl halides is 3. The molecule has 2 amide bonds. The average Bonchev–Trinajstić information content (AvgIpc) is 2.32. The smallest absolute Gasteiger partial charge is 0.406 e. The molecule has 3 N–H and O–H groups in total. The number of hydrogen-bond acceptors (Lipinski definition) is 3. The number of nitrogens with one attached hydrogen (secondary N) is 2. The number of carbonyl (C=O) groups excluding carboxylic acids is 1. The lowest BCUT2D eigenvalue weighted by Gasteiger charge is -2.36. The van der Waals surface area contributed by atoms with E-state index in [-0.39, 0.29) is 12.2 Å². The number of rotatable bonds is 4. The molecule has 0 saturated heterocycles. The van der Waals surface area contributed by atoms with Crippen LogP contribution in [0, 0.1) is 0 Å². The van der Waals surface area contributed by atoms with Crippen LogP contribution >= 0.6 is 0 Å². The van der Waals surface area contributed by atoms with Crippen molar-refractivity contribution in [3.8, 4) is 5.75 Å². The van der Waals surface area contributed by atoms with Crippen molar-refractivity contribution in [2.24, 2.45) is 0 Å². The highest BCUT2D eigenvalue weighted by Gasteiger charge is 2.34. The van der Waals surface area contributed by atoms with E-state index < -0.39 is 23.7 Å². The van der Waals surface area contributed by atoms with Crippen molar-refractivity contribution < 1.29 is 27.8 Å². The molecule has 0 spiro atoms. The first kappa shape index (κ1) is 15.4. The van der Waals surface area contributed by atoms with Crippen molar-refractivity contribution in [3.05, 3.63) is 24.3 Å². The summed E-state index contributed by atoms with van der Waals surface area (Å²) in [4.78, 5) is 11.6. The molecule has 21 heavy (non-hydrogen) atoms. The first-order valence-corrected chi connectivity index (χ1v) is 6.39. The van der Waals surface area contributed by atoms with Crippen molar-refractivity contribution >= 4 is 11.7 Å². The molecule has 5 nitrogen and oxygen atoms in total. The van der Waals surface area contributed by atoms with Gasteiger partial charge in [-0.25, -0.2) is 4.79 Å². The zero-order chi connectivity index (χ0) is 15.5. The fourth-order valence-corrected chi connectivity index (χ4v) is 1.95. The number of ether oxygens (including phenoxy) is 1. The Bertz CT molecular complexity index is 516. The highest BCUT2D eigenvalue weighted by Crippen LogP contribution is 2.30. The second-order valence-corrected chi connectivity index (χ2v) is 4.96. The van der Waals surface area contributed by atoms with E-state index in [9.17, 15) is 23.1 Å². The summed E-state index contributed by atoms with van der Waals surface area (Å²) in [5.41, 5.74) is -0.701. The number of aliphatic hydroxyl groups is 1. The largest absolute Gasteiger partial charge is 0.573 e. The molecule has 0 aromatic heterocycles. The highest BCUT2D eigenvalue weighted by molar-refractivity contribution is 5.89. The molecule has 0 aliphatic heterocycles. The Morgan fingerprint density at radius 1 is 1.38 bits per heavy atom. The maximum absolute atomic E-state index is 12.1. The molecule has 1 aromatic rings. The van der Waals surface area contributed by atoms with Crippen molar-refractivity contribution in [2.75, 3.05) is 11.9 Å². The van der Waals surface area contributed by atoms with E-state index in [1.54, 1.807) is 0 Å². The van der Waals surface area contributed by atoms with Crippen LogP contribution in [-0.2, 0) is 0 Å². The van der Waals surface area contributed by atoms with Crippen LogP contribution in [0.3, 0.4) is 0 Å². The minimum Gasteiger partial charge on any atom is -0.406 e. The summed E-state index contributed by atoms with van der Waals surface area (Å²) in [6.45, 7) is 0.109. The third-order valence-electron chi connectivity index (χ3n) is 3.19. The van der Waals surface area contributed by atoms with Gasteiger partial charge in [-0.2, -0.15) is 0 Å². The van der Waals surface area contributed by atoms with E-state index in [0.29, 0.717) is 12.8 Å². The zero-order valence-electron chi connectivity index (χ0n) is 11.0. The van der Waals surface area contributed by atoms with Crippen molar-refractivity contribution in [1.29, 1.82) is 0 Å². The van der Waals surface area contributed by atoms with Crippen LogP contribution in [0.25, 0.3) is 0 Å². The van der Waals surface area contributed by atoms with Gasteiger partial charge in [-0.15, -0.1) is 13.2 Å². The molecule has 2 rings (SSSR count). The quantitative estimate of drug-likeness (QED) is 0.801. The molecule has 1 aliphatic carbocycles. The summed E-state index contributed by atoms with van der Waals surface area (Å²) in [5.74, 6) is -0.419. The number of urea groups is 1. The number of anilines is 1. The minimum atomic E-state index is -4.78. The van der Waals surface area contributed by atoms with E-state index >= 15 is 0 Å². The van der Waals surface area contributed by atoms with E-state index in [4.69, 9.17) is 0 Å². The molecule has 0 unspecified atom stereocenters. The SMILES string of the molecule is O=C(NCC1(O)CCC1)Nc1cccc(OC(F)(F)F)c1. The van der Waals surface area contributed by atoms with Crippen LogP contribution in [0.2, 0.25) is 0 Å². The summed E-state index contributed by atoms with van der Waals surface area (Å²) >= 11 is 0. The molecule has 8 heteroatoms. The Balaban J connectivity index is 1.87. The first-order chi connectivity index (χ1) is 9.76. The molecule has 0 atom stereocenters. The van der Waals surface area contributed by atoms with Gasteiger partial charge in [0.05, 0.1) is 5.60 Å². The molecular weight excluding hydrogens is 289 g/mol. The minimum absolute atomic E-state index is 0.109. The fourth-order valence-electron chi connectivity index (χ4n) is 1.95. The van der Waals surface area contributed by atoms with Gasteiger partial charge in [-0.1, -0.05) is 6.07 Å². The fraction of sp³-hybridized carbons (Fsp3) is 0.462. The number of carbonyl (C=O) groups is 1. The van der Waals surface area contributed by atoms with Crippen LogP contribution in [0.5, 0.6) is 5.75 Å². The van der Waals surface area contributed by atoms with Gasteiger partial charge in [0.2, 0.25) is 0 Å². The Morgan fingerprint density at radius 2 is 2.10 bits per heavy atom. The van der Waals surface area contributed by atoms with Crippen LogP contribution in [0.4, 0.5) is 23.7 Å². The Labute approximate surface area is 119 Å². The summed E-state index contributed by atoms with van der Waals surface area (Å²) in [5, 5.41) is 14.7. The molecule has 0 bridgehead atoms. The number of hydrogen-bond donors (Lipinski definition) is 3. The van der Waals surface area contributed by atoms with E-state index in [1.165, 1.54) is 12.1 Å². The van der Waals surface area contributed by atoms with Crippen LogP contribution in [0.15, 0.2) is 24.3 Å². The van der Waals surface area contributed by atoms with E-state index in [0.717, 1.165) is 18.6 Å². The summed E-state index contributed by atoms with van der Waals surface area (Å²) in [6.07, 6.45) is -2.62. The average molecular weight is 304 g/mol. The first-order valence-electron chi connectivity index (χ1n) is 6.39. The summed E-state index contributed by atoms with van der Waals surface area (Å²) < 4.78 is 40.0. The van der Waals surface area contributed by atoms with Gasteiger partial charge < -0.3 is 20.5 Å². The molecule has 116 valence electrons. The molecular formula is C13H15F3N2O3. The monoisotopic (exact) mass is 304 g/mol. The molecule has 1 saturated carbocycles. The second-order valence-electron chi connectivity index (χ2n) is 4.96. The van der Waals surface area contributed by atoms with Gasteiger partial charge in [0, 0.05) is 18.3 Å². The van der Waals surface area contributed by atoms with Gasteiger partial charge in [-0.3, -0.25) is 0 Å². The van der Waals surface area contributed by atoms with Gasteiger partial charge in [0.15, 0.2) is 0 Å². The Hall–Kier alpha value is -1.96. The molecule has 1 fully saturated rings. The maximum Gasteiger partial charge on any atom is 0.573 e. The third kappa shape index (κ3) is 4.82. The lowest BCUT2D eigenvalue weighted by molar-refractivity contribution is -0.274. The van der Waals surface area contributed by atoms with Crippen molar-refractivity contribution in [1.82, 2.24) is 5.32 Å². The van der Waals surface area contributed by atoms with E-state index in [2.05, 4.69) is 15.4 Å². The molecule has 0 radical (unpaired) electrons. The van der Waals surface area contributed by atoms with Gasteiger partial charge in [0.1, 0.15) is 5.75 Å². The highest BCUT2D eigenvalue weighted by atomic mass is 19.4. The predicted octanol–water partition coefficient (Wildman–Crippen LogP) is 2.62. The lowest BCUT2D eigenvalue weighted by atomic mass is 9.80. The van der Waals surface area contributed by atoms with Gasteiger partial charge in [0.25, 0.3) is 0 Å². The number of benzene rings is 1. The van der Waals surface area contributed by atoms with Crippen molar-refractivity contribution in [3.63, 3.8) is 0 Å². The summed E-state index contributed by atoms with van der Waals surface area (Å²) in [6, 6.07) is 4.36. The summed E-state index contributed by atoms with van der Waals surface area (Å²) in [7, 11) is 0. The van der Waals surface area contributed by atoms with Crippen LogP contribution < -0.4 is 15.4 Å². The van der Waals surface area contributed by atoms with Gasteiger partial charge >= 0.3 is 12.4 Å². The maximum atomic E-state index is 12.1. The topological polar surface area (TPSA) is 70.6 Å². The second kappa shape index (κ2) is 5.80. The van der Waals surface area contributed by atoms with Crippen molar-refractivity contribution in [2.45, 2.75) is 31.2 Å². The lowest BCUT2D eigenvalue weighted by Crippen LogP contribution is -2.48. The molecule has 1 aliphatic rings. The number of amides is 2. The van der Waals surface area contributed by atoms with Crippen LogP contribution in [0.1, 0.15) is 19.3 Å². The van der Waals surface area contributed by atoms with Gasteiger partial charge in [-0.05, 0) is 31.4 Å². The standard InChI is InChI=1S/C13H15F3N2O3/c14-13(15,16)21-10-4-1-3-9(7-10)18-11(19)17-8-12(20)5-2-6-12/h1,3-4,7,20H,2,5-6,8H2,(H2,17,18,19). The predicted molar refractivity (Wildman–Crippen MR) is 68.9 cm³/mol. The number of halogens is 3. The van der Waals surface area contributed by atoms with Crippen LogP contribution in [-0.4, -0.2) is 29.6 Å². The third-order valence-corrected chi connectivity index (χ3v) is 3.19. The normalized spacial score (nSPS) is 16.8. The Morgan fingerprint density at radius 3 is 2.67 bits per heavy atom. The zero-order valence-corrected chi connectivity index (χ0v) is 11.0. The van der Waals surface area contributed by atoms with E-state index in [1.807, 2.05) is 0 Å².